The van der Waals surface area contributed by atoms with E-state index in [0.717, 1.165) is 15.2 Å². The number of nitrogens with zero attached hydrogens (tertiary/aromatic N) is 2. The Balaban J connectivity index is 1.74. The Morgan fingerprint density at radius 2 is 1.89 bits per heavy atom. The number of alkyl halides is 2. The van der Waals surface area contributed by atoms with E-state index in [-0.39, 0.29) is 17.7 Å². The number of aromatic nitrogens is 1. The molecule has 0 saturated carbocycles. The van der Waals surface area contributed by atoms with E-state index in [1.807, 2.05) is 31.2 Å². The predicted octanol–water partition coefficient (Wildman–Crippen LogP) is 5.13. The third-order valence-electron chi connectivity index (χ3n) is 4.14. The summed E-state index contributed by atoms with van der Waals surface area (Å²) >= 11 is 1.54. The van der Waals surface area contributed by atoms with E-state index < -0.39 is 6.61 Å². The van der Waals surface area contributed by atoms with Gasteiger partial charge in [0.05, 0.1) is 16.3 Å². The molecule has 27 heavy (non-hydrogen) atoms. The highest BCUT2D eigenvalue weighted by molar-refractivity contribution is 7.18. The summed E-state index contributed by atoms with van der Waals surface area (Å²) in [5.74, 6) is -0.230. The number of halogens is 2. The lowest BCUT2D eigenvalue weighted by molar-refractivity contribution is -0.126. The molecule has 0 N–H and O–H groups in total. The van der Waals surface area contributed by atoms with Crippen LogP contribution in [0.15, 0.2) is 54.6 Å². The number of carbonyl (C=O) groups excluding carboxylic acids is 1. The van der Waals surface area contributed by atoms with Gasteiger partial charge in [0, 0.05) is 18.7 Å². The van der Waals surface area contributed by atoms with Gasteiger partial charge in [-0.2, -0.15) is 8.78 Å². The number of ether oxygens (including phenoxy) is 1. The van der Waals surface area contributed by atoms with Gasteiger partial charge in [0.25, 0.3) is 0 Å². The Hall–Kier alpha value is -2.80. The van der Waals surface area contributed by atoms with Gasteiger partial charge in [-0.15, -0.1) is 11.3 Å². The molecule has 0 aliphatic carbocycles. The topological polar surface area (TPSA) is 42.4 Å². The number of para-hydroxylation sites is 2. The first-order valence-electron chi connectivity index (χ1n) is 8.30. The molecule has 0 bridgehead atoms. The molecular formula is C20H18F2N2O2S. The van der Waals surface area contributed by atoms with E-state index in [9.17, 15) is 13.6 Å². The van der Waals surface area contributed by atoms with Crippen molar-refractivity contribution in [1.82, 2.24) is 9.88 Å². The highest BCUT2D eigenvalue weighted by atomic mass is 32.1. The quantitative estimate of drug-likeness (QED) is 0.550. The van der Waals surface area contributed by atoms with Crippen LogP contribution in [0.3, 0.4) is 0 Å². The van der Waals surface area contributed by atoms with Crippen LogP contribution in [0.2, 0.25) is 0 Å². The van der Waals surface area contributed by atoms with Crippen molar-refractivity contribution in [1.29, 1.82) is 0 Å². The smallest absolute Gasteiger partial charge is 0.387 e. The summed E-state index contributed by atoms with van der Waals surface area (Å²) in [6, 6.07) is 13.9. The zero-order chi connectivity index (χ0) is 19.4. The maximum Gasteiger partial charge on any atom is 0.387 e. The third-order valence-corrected chi connectivity index (χ3v) is 5.34. The molecule has 1 amide bonds. The lowest BCUT2D eigenvalue weighted by atomic mass is 10.2. The van der Waals surface area contributed by atoms with Crippen molar-refractivity contribution in [2.24, 2.45) is 0 Å². The van der Waals surface area contributed by atoms with Gasteiger partial charge in [0.15, 0.2) is 0 Å². The van der Waals surface area contributed by atoms with Crippen LogP contribution in [0, 0.1) is 0 Å². The monoisotopic (exact) mass is 388 g/mol. The minimum Gasteiger partial charge on any atom is -0.434 e. The molecule has 1 heterocycles. The summed E-state index contributed by atoms with van der Waals surface area (Å²) in [5.41, 5.74) is 1.31. The van der Waals surface area contributed by atoms with Gasteiger partial charge in [-0.25, -0.2) is 4.98 Å². The van der Waals surface area contributed by atoms with Gasteiger partial charge in [0.1, 0.15) is 10.8 Å². The number of hydrogen-bond donors (Lipinski definition) is 0. The highest BCUT2D eigenvalue weighted by Crippen LogP contribution is 2.29. The molecule has 0 radical (unpaired) electrons. The van der Waals surface area contributed by atoms with Crippen LogP contribution in [0.1, 0.15) is 23.5 Å². The van der Waals surface area contributed by atoms with Crippen LogP contribution in [0.25, 0.3) is 16.3 Å². The van der Waals surface area contributed by atoms with Crippen molar-refractivity contribution in [2.75, 3.05) is 7.05 Å². The Morgan fingerprint density at radius 1 is 1.19 bits per heavy atom. The van der Waals surface area contributed by atoms with Crippen LogP contribution >= 0.6 is 11.3 Å². The van der Waals surface area contributed by atoms with Gasteiger partial charge in [-0.1, -0.05) is 30.3 Å². The van der Waals surface area contributed by atoms with E-state index in [0.29, 0.717) is 5.56 Å². The summed E-state index contributed by atoms with van der Waals surface area (Å²) in [7, 11) is 1.69. The van der Waals surface area contributed by atoms with Crippen molar-refractivity contribution in [3.63, 3.8) is 0 Å². The van der Waals surface area contributed by atoms with Crippen LogP contribution < -0.4 is 4.74 Å². The van der Waals surface area contributed by atoms with Gasteiger partial charge in [-0.05, 0) is 31.2 Å². The Kier molecular flexibility index (Phi) is 5.81. The molecular weight excluding hydrogens is 370 g/mol. The van der Waals surface area contributed by atoms with Crippen LogP contribution in [0.4, 0.5) is 8.78 Å². The van der Waals surface area contributed by atoms with Crippen molar-refractivity contribution in [3.05, 3.63) is 65.2 Å². The fraction of sp³-hybridized carbons (Fsp3) is 0.200. The third kappa shape index (κ3) is 4.49. The average Bonchev–Trinajstić information content (AvgIpc) is 3.09. The first-order chi connectivity index (χ1) is 13.0. The largest absolute Gasteiger partial charge is 0.434 e. The highest BCUT2D eigenvalue weighted by Gasteiger charge is 2.19. The summed E-state index contributed by atoms with van der Waals surface area (Å²) in [6.07, 6.45) is 2.82. The van der Waals surface area contributed by atoms with Gasteiger partial charge >= 0.3 is 6.61 Å². The second-order valence-corrected chi connectivity index (χ2v) is 6.96. The number of fused-ring (bicyclic) bond motifs is 1. The average molecular weight is 388 g/mol. The lowest BCUT2D eigenvalue weighted by Gasteiger charge is -2.21. The van der Waals surface area contributed by atoms with Crippen molar-refractivity contribution in [2.45, 2.75) is 19.6 Å². The Labute approximate surface area is 159 Å². The molecule has 0 saturated heterocycles. The number of benzene rings is 2. The molecule has 1 aromatic heterocycles. The van der Waals surface area contributed by atoms with Crippen molar-refractivity contribution in [3.8, 4) is 5.75 Å². The minimum absolute atomic E-state index is 0.0263. The van der Waals surface area contributed by atoms with Gasteiger partial charge in [-0.3, -0.25) is 4.79 Å². The molecule has 0 aliphatic heterocycles. The number of thiazole rings is 1. The van der Waals surface area contributed by atoms with Crippen molar-refractivity contribution >= 4 is 33.5 Å². The fourth-order valence-corrected chi connectivity index (χ4v) is 3.59. The standard InChI is InChI=1S/C20H18F2N2O2S/c1-13(19-23-15-8-4-6-10-17(15)27-19)24(2)18(25)12-11-14-7-3-5-9-16(14)26-20(21)22/h3-13,20H,1-2H3/b12-11+. The summed E-state index contributed by atoms with van der Waals surface area (Å²) in [6.45, 7) is -1.02. The van der Waals surface area contributed by atoms with E-state index in [1.165, 1.54) is 18.2 Å². The first-order valence-corrected chi connectivity index (χ1v) is 9.11. The summed E-state index contributed by atoms with van der Waals surface area (Å²) < 4.78 is 30.5. The number of amides is 1. The first kappa shape index (κ1) is 19.0. The predicted molar refractivity (Wildman–Crippen MR) is 103 cm³/mol. The molecule has 3 aromatic rings. The zero-order valence-electron chi connectivity index (χ0n) is 14.8. The Bertz CT molecular complexity index is 938. The number of rotatable bonds is 6. The van der Waals surface area contributed by atoms with Crippen molar-refractivity contribution < 1.29 is 18.3 Å². The second kappa shape index (κ2) is 8.26. The molecule has 1 atom stereocenters. The fourth-order valence-electron chi connectivity index (χ4n) is 2.53. The maximum absolute atomic E-state index is 12.5. The van der Waals surface area contributed by atoms with Gasteiger partial charge < -0.3 is 9.64 Å². The van der Waals surface area contributed by atoms with Crippen LogP contribution in [-0.2, 0) is 4.79 Å². The normalized spacial score (nSPS) is 12.6. The Morgan fingerprint density at radius 3 is 2.63 bits per heavy atom. The van der Waals surface area contributed by atoms with Gasteiger partial charge in [0.2, 0.25) is 5.91 Å². The molecule has 140 valence electrons. The second-order valence-electron chi connectivity index (χ2n) is 5.89. The maximum atomic E-state index is 12.5. The van der Waals surface area contributed by atoms with Crippen LogP contribution in [0.5, 0.6) is 5.75 Å². The zero-order valence-corrected chi connectivity index (χ0v) is 15.6. The molecule has 4 nitrogen and oxygen atoms in total. The minimum atomic E-state index is -2.92. The summed E-state index contributed by atoms with van der Waals surface area (Å²) in [4.78, 5) is 18.6. The van der Waals surface area contributed by atoms with E-state index in [1.54, 1.807) is 41.5 Å². The van der Waals surface area contributed by atoms with Crippen LogP contribution in [-0.4, -0.2) is 29.5 Å². The number of carbonyl (C=O) groups is 1. The number of hydrogen-bond acceptors (Lipinski definition) is 4. The molecule has 0 aliphatic rings. The molecule has 3 rings (SSSR count). The lowest BCUT2D eigenvalue weighted by Crippen LogP contribution is -2.27. The molecule has 7 heteroatoms. The SMILES string of the molecule is CC(c1nc2ccccc2s1)N(C)C(=O)/C=C/c1ccccc1OC(F)F. The van der Waals surface area contributed by atoms with E-state index in [2.05, 4.69) is 9.72 Å². The molecule has 0 spiro atoms. The molecule has 2 aromatic carbocycles. The number of likely N-dealkylation sites (N-methyl/N-ethyl adjacent to an activating group) is 1. The van der Waals surface area contributed by atoms with E-state index >= 15 is 0 Å². The van der Waals surface area contributed by atoms with E-state index in [4.69, 9.17) is 0 Å². The molecule has 0 fully saturated rings. The summed E-state index contributed by atoms with van der Waals surface area (Å²) in [5, 5.41) is 0.835. The molecule has 1 unspecified atom stereocenters.